The average Bonchev–Trinajstić information content (AvgIpc) is 2.22. The first-order valence-electron chi connectivity index (χ1n) is 6.20. The van der Waals surface area contributed by atoms with Crippen LogP contribution in [0.1, 0.15) is 65.2 Å². The minimum atomic E-state index is -4.64. The summed E-state index contributed by atoms with van der Waals surface area (Å²) < 4.78 is 8.88. The van der Waals surface area contributed by atoms with Crippen molar-refractivity contribution in [2.45, 2.75) is 65.2 Å². The van der Waals surface area contributed by atoms with Crippen LogP contribution in [0.15, 0.2) is 0 Å². The molecule has 0 spiro atoms. The second-order valence-corrected chi connectivity index (χ2v) is 4.66. The number of phosphoric acid groups is 1. The Labute approximate surface area is 143 Å². The molecule has 3 N–H and O–H groups in total. The van der Waals surface area contributed by atoms with Gasteiger partial charge in [-0.15, -0.1) is 0 Å². The normalized spacial score (nSPS) is 9.28. The molecule has 0 bridgehead atoms. The summed E-state index contributed by atoms with van der Waals surface area (Å²) >= 11 is 0. The summed E-state index contributed by atoms with van der Waals surface area (Å²) in [6.07, 6.45) is 10.1. The van der Waals surface area contributed by atoms with E-state index in [1.165, 1.54) is 38.5 Å². The number of unbranched alkanes of at least 4 members (excludes halogenated alkanes) is 6. The van der Waals surface area contributed by atoms with E-state index in [2.05, 4.69) is 27.7 Å². The fourth-order valence-corrected chi connectivity index (χ4v) is 0.854. The van der Waals surface area contributed by atoms with Gasteiger partial charge in [-0.1, -0.05) is 52.4 Å². The monoisotopic (exact) mass is 308 g/mol. The molecule has 0 atom stereocenters. The molecule has 0 amide bonds. The number of rotatable bonds is 6. The molecule has 0 aliphatic heterocycles. The molecule has 0 aromatic rings. The minimum absolute atomic E-state index is 0. The molecule has 108 valence electrons. The molecule has 0 aliphatic carbocycles. The molecule has 0 saturated carbocycles. The zero-order chi connectivity index (χ0) is 14.2. The quantitative estimate of drug-likeness (QED) is 0.304. The molecule has 6 heteroatoms. The second kappa shape index (κ2) is 23.5. The van der Waals surface area contributed by atoms with Crippen molar-refractivity contribution in [2.24, 2.45) is 0 Å². The van der Waals surface area contributed by atoms with E-state index in [0.29, 0.717) is 0 Å². The number of hydrogen-bond acceptors (Lipinski definition) is 1. The molecule has 0 unspecified atom stereocenters. The van der Waals surface area contributed by atoms with Gasteiger partial charge in [-0.3, -0.25) is 0 Å². The smallest absolute Gasteiger partial charge is 0.343 e. The molecular formula is C12H29CaO4P. The van der Waals surface area contributed by atoms with Crippen molar-refractivity contribution in [3.63, 3.8) is 0 Å². The van der Waals surface area contributed by atoms with Crippen LogP contribution < -0.4 is 0 Å². The Kier molecular flexibility index (Phi) is 36.1. The van der Waals surface area contributed by atoms with E-state index in [1.54, 1.807) is 0 Å². The first-order chi connectivity index (χ1) is 7.83. The Morgan fingerprint density at radius 2 is 1.06 bits per heavy atom. The van der Waals surface area contributed by atoms with Gasteiger partial charge in [-0.2, -0.15) is 12.8 Å². The molecule has 0 aromatic carbocycles. The van der Waals surface area contributed by atoms with Gasteiger partial charge in [0.15, 0.2) is 0 Å². The van der Waals surface area contributed by atoms with Gasteiger partial charge in [0.25, 0.3) is 0 Å². The molecule has 0 aromatic heterocycles. The van der Waals surface area contributed by atoms with Crippen molar-refractivity contribution >= 4 is 45.6 Å². The Balaban J connectivity index is -0.0000000799. The number of hydrogen-bond donors (Lipinski definition) is 3. The van der Waals surface area contributed by atoms with E-state index in [1.807, 2.05) is 0 Å². The van der Waals surface area contributed by atoms with E-state index >= 15 is 0 Å². The molecule has 0 radical (unpaired) electrons. The molecule has 0 saturated heterocycles. The first-order valence-corrected chi connectivity index (χ1v) is 7.76. The van der Waals surface area contributed by atoms with Gasteiger partial charge >= 0.3 is 45.6 Å². The summed E-state index contributed by atoms with van der Waals surface area (Å²) in [5.74, 6) is 0. The van der Waals surface area contributed by atoms with Crippen LogP contribution in [0.5, 0.6) is 0 Å². The predicted octanol–water partition coefficient (Wildman–Crippen LogP) is 3.49. The third kappa shape index (κ3) is 85.7. The largest absolute Gasteiger partial charge is 2.00 e. The average molecular weight is 308 g/mol. The third-order valence-electron chi connectivity index (χ3n) is 1.71. The van der Waals surface area contributed by atoms with E-state index in [4.69, 9.17) is 19.2 Å². The summed E-state index contributed by atoms with van der Waals surface area (Å²) in [5.41, 5.74) is 0. The van der Waals surface area contributed by atoms with Crippen molar-refractivity contribution in [3.05, 3.63) is 13.8 Å². The zero-order valence-electron chi connectivity index (χ0n) is 12.0. The Hall–Kier alpha value is 1.37. The predicted molar refractivity (Wildman–Crippen MR) is 79.0 cm³/mol. The van der Waals surface area contributed by atoms with E-state index in [-0.39, 0.29) is 37.7 Å². The fourth-order valence-electron chi connectivity index (χ4n) is 0.854. The maximum atomic E-state index is 8.88. The molecule has 18 heavy (non-hydrogen) atoms. The molecule has 0 aliphatic rings. The summed E-state index contributed by atoms with van der Waals surface area (Å²) in [6, 6.07) is 0. The summed E-state index contributed by atoms with van der Waals surface area (Å²) in [7, 11) is -4.64. The Morgan fingerprint density at radius 1 is 0.833 bits per heavy atom. The van der Waals surface area contributed by atoms with Crippen molar-refractivity contribution in [3.8, 4) is 0 Å². The third-order valence-corrected chi connectivity index (χ3v) is 1.71. The van der Waals surface area contributed by atoms with Crippen LogP contribution in [-0.2, 0) is 4.57 Å². The van der Waals surface area contributed by atoms with E-state index in [9.17, 15) is 0 Å². The van der Waals surface area contributed by atoms with Gasteiger partial charge in [0.1, 0.15) is 0 Å². The standard InChI is InChI=1S/2C6H13.Ca.H3O4P/c2*1-3-5-6-4-2;;1-5(2,3)4/h2*1,3-6H2,2H3;;(H3,1,2,3,4)/q2*-1;+2;. The van der Waals surface area contributed by atoms with Crippen molar-refractivity contribution < 1.29 is 19.2 Å². The zero-order valence-corrected chi connectivity index (χ0v) is 15.1. The SMILES string of the molecule is O=P(O)(O)O.[CH2-]CCCCC.[CH2-]CCCCC.[Ca+2]. The van der Waals surface area contributed by atoms with Gasteiger partial charge in [-0.25, -0.2) is 4.57 Å². The Bertz CT molecular complexity index is 138. The van der Waals surface area contributed by atoms with Gasteiger partial charge in [0, 0.05) is 0 Å². The maximum absolute atomic E-state index is 8.88. The van der Waals surface area contributed by atoms with Crippen LogP contribution in [0, 0.1) is 13.8 Å². The van der Waals surface area contributed by atoms with E-state index < -0.39 is 7.82 Å². The molecule has 0 rings (SSSR count). The van der Waals surface area contributed by atoms with Gasteiger partial charge in [0.05, 0.1) is 0 Å². The second-order valence-electron chi connectivity index (χ2n) is 3.63. The van der Waals surface area contributed by atoms with Crippen molar-refractivity contribution in [1.82, 2.24) is 0 Å². The molecule has 4 nitrogen and oxygen atoms in total. The van der Waals surface area contributed by atoms with Crippen LogP contribution in [0.2, 0.25) is 0 Å². The first kappa shape index (κ1) is 27.7. The summed E-state index contributed by atoms with van der Waals surface area (Å²) in [5, 5.41) is 0. The van der Waals surface area contributed by atoms with Crippen molar-refractivity contribution in [1.29, 1.82) is 0 Å². The maximum Gasteiger partial charge on any atom is 2.00 e. The van der Waals surface area contributed by atoms with E-state index in [0.717, 1.165) is 12.8 Å². The molecule has 0 fully saturated rings. The molecular weight excluding hydrogens is 279 g/mol. The fraction of sp³-hybridized carbons (Fsp3) is 0.833. The van der Waals surface area contributed by atoms with Crippen molar-refractivity contribution in [2.75, 3.05) is 0 Å². The minimum Gasteiger partial charge on any atom is -0.343 e. The van der Waals surface area contributed by atoms with Gasteiger partial charge in [-0.05, 0) is 0 Å². The van der Waals surface area contributed by atoms with Crippen LogP contribution in [-0.4, -0.2) is 52.4 Å². The topological polar surface area (TPSA) is 77.8 Å². The van der Waals surface area contributed by atoms with Crippen LogP contribution >= 0.6 is 7.82 Å². The van der Waals surface area contributed by atoms with Crippen LogP contribution in [0.4, 0.5) is 0 Å². The van der Waals surface area contributed by atoms with Crippen LogP contribution in [0.25, 0.3) is 0 Å². The Morgan fingerprint density at radius 3 is 1.11 bits per heavy atom. The summed E-state index contributed by atoms with van der Waals surface area (Å²) in [6.45, 7) is 11.9. The summed E-state index contributed by atoms with van der Waals surface area (Å²) in [4.78, 5) is 21.6. The van der Waals surface area contributed by atoms with Gasteiger partial charge < -0.3 is 28.5 Å². The van der Waals surface area contributed by atoms with Crippen LogP contribution in [0.3, 0.4) is 0 Å². The molecule has 0 heterocycles. The van der Waals surface area contributed by atoms with Gasteiger partial charge in [0.2, 0.25) is 0 Å².